The quantitative estimate of drug-likeness (QED) is 0.678. The van der Waals surface area contributed by atoms with Crippen LogP contribution in [-0.4, -0.2) is 39.3 Å². The summed E-state index contributed by atoms with van der Waals surface area (Å²) in [6.07, 6.45) is 0.632. The fourth-order valence-corrected chi connectivity index (χ4v) is 4.95. The van der Waals surface area contributed by atoms with Gasteiger partial charge in [-0.15, -0.1) is 11.3 Å². The van der Waals surface area contributed by atoms with Crippen LogP contribution in [0, 0.1) is 0 Å². The topological polar surface area (TPSA) is 92.7 Å². The lowest BCUT2D eigenvalue weighted by molar-refractivity contribution is -0.139. The molecule has 1 unspecified atom stereocenters. The van der Waals surface area contributed by atoms with Gasteiger partial charge in [-0.1, -0.05) is 0 Å². The molecule has 1 aromatic heterocycles. The van der Waals surface area contributed by atoms with E-state index in [4.69, 9.17) is 9.84 Å². The van der Waals surface area contributed by atoms with Crippen LogP contribution in [0.3, 0.4) is 0 Å². The summed E-state index contributed by atoms with van der Waals surface area (Å²) in [6.45, 7) is 0.383. The monoisotopic (exact) mass is 371 g/mol. The van der Waals surface area contributed by atoms with E-state index in [1.165, 1.54) is 7.11 Å². The summed E-state index contributed by atoms with van der Waals surface area (Å²) in [5, 5.41) is 10.6. The molecule has 0 bridgehead atoms. The number of ether oxygens (including phenoxy) is 1. The molecule has 19 heavy (non-hydrogen) atoms. The van der Waals surface area contributed by atoms with E-state index in [9.17, 15) is 13.2 Å². The van der Waals surface area contributed by atoms with Crippen molar-refractivity contribution in [2.45, 2.75) is 23.1 Å². The van der Waals surface area contributed by atoms with Crippen LogP contribution in [0.1, 0.15) is 12.8 Å². The molecule has 1 heterocycles. The zero-order valence-electron chi connectivity index (χ0n) is 10.1. The third-order valence-corrected chi connectivity index (χ3v) is 6.41. The van der Waals surface area contributed by atoms with Crippen LogP contribution in [0.2, 0.25) is 0 Å². The van der Waals surface area contributed by atoms with Gasteiger partial charge in [-0.05, 0) is 40.2 Å². The van der Waals surface area contributed by atoms with Crippen LogP contribution < -0.4 is 4.72 Å². The maximum Gasteiger partial charge on any atom is 0.321 e. The molecule has 0 radical (unpaired) electrons. The number of rotatable bonds is 8. The van der Waals surface area contributed by atoms with Crippen LogP contribution >= 0.6 is 27.3 Å². The number of hydrogen-bond acceptors (Lipinski definition) is 5. The van der Waals surface area contributed by atoms with Crippen molar-refractivity contribution in [1.29, 1.82) is 0 Å². The smallest absolute Gasteiger partial charge is 0.321 e. The van der Waals surface area contributed by atoms with Crippen LogP contribution in [0.25, 0.3) is 0 Å². The van der Waals surface area contributed by atoms with E-state index in [-0.39, 0.29) is 10.6 Å². The first-order valence-corrected chi connectivity index (χ1v) is 8.51. The summed E-state index contributed by atoms with van der Waals surface area (Å²) in [5.41, 5.74) is 0. The number of thiophene rings is 1. The zero-order chi connectivity index (χ0) is 14.5. The molecule has 1 atom stereocenters. The predicted octanol–water partition coefficient (Wildman–Crippen LogP) is 1.67. The number of methoxy groups -OCH3 is 1. The average Bonchev–Trinajstić information content (AvgIpc) is 2.75. The Morgan fingerprint density at radius 1 is 1.63 bits per heavy atom. The van der Waals surface area contributed by atoms with Gasteiger partial charge in [-0.3, -0.25) is 4.79 Å². The molecule has 6 nitrogen and oxygen atoms in total. The second-order valence-corrected chi connectivity index (χ2v) is 7.38. The molecule has 0 aliphatic heterocycles. The van der Waals surface area contributed by atoms with Gasteiger partial charge < -0.3 is 9.84 Å². The van der Waals surface area contributed by atoms with Gasteiger partial charge in [0, 0.05) is 18.2 Å². The van der Waals surface area contributed by atoms with Crippen molar-refractivity contribution in [3.8, 4) is 0 Å². The highest BCUT2D eigenvalue weighted by Gasteiger charge is 2.27. The van der Waals surface area contributed by atoms with Crippen molar-refractivity contribution < 1.29 is 23.1 Å². The summed E-state index contributed by atoms with van der Waals surface area (Å²) in [6, 6.07) is 0.439. The predicted molar refractivity (Wildman–Crippen MR) is 74.9 cm³/mol. The van der Waals surface area contributed by atoms with Gasteiger partial charge in [0.15, 0.2) is 0 Å². The zero-order valence-corrected chi connectivity index (χ0v) is 13.3. The molecule has 1 aromatic rings. The standard InChI is InChI=1S/C10H14BrNO5S2/c1-17-5-2-3-8(9(13)14)12-19(15,16)10-7(11)4-6-18-10/h4,6,8,12H,2-3,5H2,1H3,(H,13,14). The summed E-state index contributed by atoms with van der Waals surface area (Å²) in [4.78, 5) is 11.0. The van der Waals surface area contributed by atoms with Gasteiger partial charge in [0.05, 0.1) is 0 Å². The van der Waals surface area contributed by atoms with Gasteiger partial charge in [-0.2, -0.15) is 4.72 Å². The van der Waals surface area contributed by atoms with Crippen LogP contribution in [0.4, 0.5) is 0 Å². The maximum absolute atomic E-state index is 12.0. The third-order valence-electron chi connectivity index (χ3n) is 2.27. The lowest BCUT2D eigenvalue weighted by Gasteiger charge is -2.14. The highest BCUT2D eigenvalue weighted by Crippen LogP contribution is 2.27. The molecule has 0 aromatic carbocycles. The van der Waals surface area contributed by atoms with Crippen molar-refractivity contribution in [3.63, 3.8) is 0 Å². The first-order valence-electron chi connectivity index (χ1n) is 5.35. The Morgan fingerprint density at radius 3 is 2.79 bits per heavy atom. The van der Waals surface area contributed by atoms with E-state index in [0.717, 1.165) is 11.3 Å². The number of carboxylic acid groups (broad SMARTS) is 1. The minimum absolute atomic E-state index is 0.0745. The SMILES string of the molecule is COCCCC(NS(=O)(=O)c1sccc1Br)C(=O)O. The van der Waals surface area contributed by atoms with E-state index >= 15 is 0 Å². The van der Waals surface area contributed by atoms with Crippen molar-refractivity contribution in [2.75, 3.05) is 13.7 Å². The molecule has 0 aliphatic carbocycles. The molecule has 0 fully saturated rings. The maximum atomic E-state index is 12.0. The number of nitrogens with one attached hydrogen (secondary N) is 1. The van der Waals surface area contributed by atoms with E-state index < -0.39 is 22.0 Å². The Labute approximate surface area is 124 Å². The number of carbonyl (C=O) groups is 1. The number of hydrogen-bond donors (Lipinski definition) is 2. The Kier molecular flexibility index (Phi) is 6.40. The molecule has 0 aliphatic rings. The minimum Gasteiger partial charge on any atom is -0.480 e. The van der Waals surface area contributed by atoms with E-state index in [1.807, 2.05) is 0 Å². The molecule has 0 saturated carbocycles. The molecule has 0 amide bonds. The highest BCUT2D eigenvalue weighted by atomic mass is 79.9. The van der Waals surface area contributed by atoms with Crippen LogP contribution in [-0.2, 0) is 19.6 Å². The lowest BCUT2D eigenvalue weighted by Crippen LogP contribution is -2.40. The van der Waals surface area contributed by atoms with Gasteiger partial charge in [0.1, 0.15) is 10.3 Å². The second-order valence-electron chi connectivity index (χ2n) is 3.70. The van der Waals surface area contributed by atoms with Crippen LogP contribution in [0.5, 0.6) is 0 Å². The first-order chi connectivity index (χ1) is 8.88. The lowest BCUT2D eigenvalue weighted by atomic mass is 10.2. The van der Waals surface area contributed by atoms with Crippen molar-refractivity contribution in [1.82, 2.24) is 4.72 Å². The fourth-order valence-electron chi connectivity index (χ4n) is 1.38. The minimum atomic E-state index is -3.83. The Morgan fingerprint density at radius 2 is 2.32 bits per heavy atom. The number of aliphatic carboxylic acids is 1. The normalized spacial score (nSPS) is 13.4. The Hall–Kier alpha value is -0.480. The molecular formula is C10H14BrNO5S2. The molecule has 9 heteroatoms. The van der Waals surface area contributed by atoms with Gasteiger partial charge >= 0.3 is 5.97 Å². The van der Waals surface area contributed by atoms with Crippen molar-refractivity contribution in [3.05, 3.63) is 15.9 Å². The van der Waals surface area contributed by atoms with Crippen LogP contribution in [0.15, 0.2) is 20.1 Å². The number of carboxylic acids is 1. The van der Waals surface area contributed by atoms with E-state index in [0.29, 0.717) is 17.5 Å². The summed E-state index contributed by atoms with van der Waals surface area (Å²) in [5.74, 6) is -1.20. The summed E-state index contributed by atoms with van der Waals surface area (Å²) >= 11 is 4.14. The van der Waals surface area contributed by atoms with Gasteiger partial charge in [-0.25, -0.2) is 8.42 Å². The molecule has 0 spiro atoms. The molecule has 108 valence electrons. The summed E-state index contributed by atoms with van der Waals surface area (Å²) in [7, 11) is -2.33. The highest BCUT2D eigenvalue weighted by molar-refractivity contribution is 9.10. The van der Waals surface area contributed by atoms with Gasteiger partial charge in [0.25, 0.3) is 10.0 Å². The Bertz CT molecular complexity index is 528. The average molecular weight is 372 g/mol. The molecule has 2 N–H and O–H groups in total. The first kappa shape index (κ1) is 16.6. The van der Waals surface area contributed by atoms with E-state index in [1.54, 1.807) is 11.4 Å². The second kappa shape index (κ2) is 7.34. The fraction of sp³-hybridized carbons (Fsp3) is 0.500. The van der Waals surface area contributed by atoms with E-state index in [2.05, 4.69) is 20.7 Å². The Balaban J connectivity index is 2.79. The van der Waals surface area contributed by atoms with Crippen molar-refractivity contribution >= 4 is 43.3 Å². The number of sulfonamides is 1. The van der Waals surface area contributed by atoms with Crippen molar-refractivity contribution in [2.24, 2.45) is 0 Å². The molecule has 0 saturated heterocycles. The summed E-state index contributed by atoms with van der Waals surface area (Å²) < 4.78 is 31.6. The number of halogens is 1. The molecular weight excluding hydrogens is 358 g/mol. The van der Waals surface area contributed by atoms with Gasteiger partial charge in [0.2, 0.25) is 0 Å². The molecule has 1 rings (SSSR count). The third kappa shape index (κ3) is 4.84. The largest absolute Gasteiger partial charge is 0.480 e.